The van der Waals surface area contributed by atoms with E-state index in [2.05, 4.69) is 38.8 Å². The van der Waals surface area contributed by atoms with Crippen LogP contribution in [0.3, 0.4) is 0 Å². The third-order valence-corrected chi connectivity index (χ3v) is 4.19. The van der Waals surface area contributed by atoms with Crippen LogP contribution in [0, 0.1) is 13.8 Å². The highest BCUT2D eigenvalue weighted by Gasteiger charge is 2.12. The number of nitrogens with zero attached hydrogens (tertiary/aromatic N) is 2. The summed E-state index contributed by atoms with van der Waals surface area (Å²) in [7, 11) is 3.21. The Kier molecular flexibility index (Phi) is 5.30. The molecule has 1 heterocycles. The summed E-state index contributed by atoms with van der Waals surface area (Å²) in [5, 5.41) is 6.48. The topological polar surface area (TPSA) is 94.3 Å². The monoisotopic (exact) mass is 365 g/mol. The van der Waals surface area contributed by atoms with Gasteiger partial charge in [-0.2, -0.15) is 0 Å². The maximum absolute atomic E-state index is 6.31. The first-order chi connectivity index (χ1) is 13.0. The van der Waals surface area contributed by atoms with Crippen molar-refractivity contribution in [2.75, 3.05) is 30.6 Å². The van der Waals surface area contributed by atoms with Crippen molar-refractivity contribution < 1.29 is 9.47 Å². The lowest BCUT2D eigenvalue weighted by atomic mass is 10.1. The number of nitrogen functional groups attached to an aromatic ring is 1. The summed E-state index contributed by atoms with van der Waals surface area (Å²) in [6.45, 7) is 4.06. The van der Waals surface area contributed by atoms with Crippen molar-refractivity contribution in [3.8, 4) is 11.5 Å². The number of benzene rings is 2. The molecule has 1 aromatic heterocycles. The molecule has 3 rings (SSSR count). The fourth-order valence-corrected chi connectivity index (χ4v) is 2.63. The number of rotatable bonds is 6. The Morgan fingerprint density at radius 2 is 1.56 bits per heavy atom. The average Bonchev–Trinajstić information content (AvgIpc) is 2.67. The van der Waals surface area contributed by atoms with Crippen molar-refractivity contribution >= 4 is 28.7 Å². The van der Waals surface area contributed by atoms with Crippen LogP contribution in [0.4, 0.5) is 28.7 Å². The van der Waals surface area contributed by atoms with Crippen LogP contribution in [0.25, 0.3) is 0 Å². The second-order valence-electron chi connectivity index (χ2n) is 6.12. The standard InChI is InChI=1S/C20H23N5O2/c1-12-5-6-13(2)15(9-12)24-19-18(21)20(23-11-22-19)25-16-10-14(26-3)7-8-17(16)27-4/h5-11H,21H2,1-4H3,(H2,22,23,24,25). The number of nitrogens with one attached hydrogen (secondary N) is 2. The van der Waals surface area contributed by atoms with Crippen LogP contribution in [0.1, 0.15) is 11.1 Å². The maximum atomic E-state index is 6.31. The molecular weight excluding hydrogens is 342 g/mol. The lowest BCUT2D eigenvalue weighted by Gasteiger charge is -2.16. The van der Waals surface area contributed by atoms with Crippen molar-refractivity contribution in [3.63, 3.8) is 0 Å². The predicted molar refractivity (Wildman–Crippen MR) is 108 cm³/mol. The van der Waals surface area contributed by atoms with Crippen LogP contribution in [-0.4, -0.2) is 24.2 Å². The third-order valence-electron chi connectivity index (χ3n) is 4.19. The van der Waals surface area contributed by atoms with Gasteiger partial charge in [0.05, 0.1) is 19.9 Å². The first-order valence-corrected chi connectivity index (χ1v) is 8.45. The van der Waals surface area contributed by atoms with Crippen LogP contribution in [0.5, 0.6) is 11.5 Å². The average molecular weight is 365 g/mol. The molecule has 0 radical (unpaired) electrons. The molecule has 27 heavy (non-hydrogen) atoms. The molecule has 0 bridgehead atoms. The summed E-state index contributed by atoms with van der Waals surface area (Å²) in [5.74, 6) is 2.35. The van der Waals surface area contributed by atoms with Crippen molar-refractivity contribution in [1.29, 1.82) is 0 Å². The molecule has 0 fully saturated rings. The Morgan fingerprint density at radius 1 is 0.852 bits per heavy atom. The molecule has 0 saturated heterocycles. The molecule has 4 N–H and O–H groups in total. The normalized spacial score (nSPS) is 10.4. The lowest BCUT2D eigenvalue weighted by molar-refractivity contribution is 0.405. The van der Waals surface area contributed by atoms with Crippen molar-refractivity contribution in [2.24, 2.45) is 0 Å². The zero-order chi connectivity index (χ0) is 19.4. The first-order valence-electron chi connectivity index (χ1n) is 8.45. The highest BCUT2D eigenvalue weighted by molar-refractivity contribution is 5.82. The zero-order valence-electron chi connectivity index (χ0n) is 15.8. The maximum Gasteiger partial charge on any atom is 0.159 e. The molecule has 140 valence electrons. The number of ether oxygens (including phenoxy) is 2. The molecule has 3 aromatic rings. The van der Waals surface area contributed by atoms with Crippen molar-refractivity contribution in [2.45, 2.75) is 13.8 Å². The van der Waals surface area contributed by atoms with E-state index in [1.165, 1.54) is 6.33 Å². The van der Waals surface area contributed by atoms with Crippen LogP contribution < -0.4 is 25.8 Å². The van der Waals surface area contributed by atoms with Crippen molar-refractivity contribution in [3.05, 3.63) is 53.9 Å². The van der Waals surface area contributed by atoms with Gasteiger partial charge in [-0.15, -0.1) is 0 Å². The first kappa shape index (κ1) is 18.3. The smallest absolute Gasteiger partial charge is 0.159 e. The van der Waals surface area contributed by atoms with E-state index in [1.54, 1.807) is 14.2 Å². The quantitative estimate of drug-likeness (QED) is 0.603. The Labute approximate surface area is 158 Å². The molecule has 0 aliphatic rings. The molecule has 0 saturated carbocycles. The van der Waals surface area contributed by atoms with Gasteiger partial charge in [-0.25, -0.2) is 9.97 Å². The van der Waals surface area contributed by atoms with E-state index in [0.717, 1.165) is 16.8 Å². The number of aromatic nitrogens is 2. The van der Waals surface area contributed by atoms with Crippen LogP contribution in [-0.2, 0) is 0 Å². The minimum absolute atomic E-state index is 0.406. The minimum atomic E-state index is 0.406. The summed E-state index contributed by atoms with van der Waals surface area (Å²) in [4.78, 5) is 8.54. The van der Waals surface area contributed by atoms with Crippen LogP contribution >= 0.6 is 0 Å². The van der Waals surface area contributed by atoms with Gasteiger partial charge in [0.15, 0.2) is 11.6 Å². The Bertz CT molecular complexity index is 959. The van der Waals surface area contributed by atoms with Crippen molar-refractivity contribution in [1.82, 2.24) is 9.97 Å². The van der Waals surface area contributed by atoms with Gasteiger partial charge in [0.2, 0.25) is 0 Å². The Hall–Kier alpha value is -3.48. The molecule has 0 atom stereocenters. The highest BCUT2D eigenvalue weighted by atomic mass is 16.5. The molecule has 0 aliphatic heterocycles. The zero-order valence-corrected chi connectivity index (χ0v) is 15.8. The molecule has 0 aliphatic carbocycles. The van der Waals surface area contributed by atoms with Gasteiger partial charge in [-0.05, 0) is 43.2 Å². The molecule has 7 heteroatoms. The fourth-order valence-electron chi connectivity index (χ4n) is 2.63. The van der Waals surface area contributed by atoms with E-state index < -0.39 is 0 Å². The lowest BCUT2D eigenvalue weighted by Crippen LogP contribution is -2.06. The minimum Gasteiger partial charge on any atom is -0.497 e. The van der Waals surface area contributed by atoms with Crippen LogP contribution in [0.15, 0.2) is 42.7 Å². The summed E-state index contributed by atoms with van der Waals surface area (Å²) in [5.41, 5.74) is 10.6. The summed E-state index contributed by atoms with van der Waals surface area (Å²) in [6, 6.07) is 11.6. The molecule has 0 unspecified atom stereocenters. The number of aryl methyl sites for hydroxylation is 2. The van der Waals surface area contributed by atoms with Crippen LogP contribution in [0.2, 0.25) is 0 Å². The second-order valence-corrected chi connectivity index (χ2v) is 6.12. The summed E-state index contributed by atoms with van der Waals surface area (Å²) >= 11 is 0. The van der Waals surface area contributed by atoms with Gasteiger partial charge in [0, 0.05) is 11.8 Å². The van der Waals surface area contributed by atoms with Gasteiger partial charge < -0.3 is 25.8 Å². The van der Waals surface area contributed by atoms with E-state index in [0.29, 0.717) is 34.5 Å². The number of methoxy groups -OCH3 is 2. The van der Waals surface area contributed by atoms with Gasteiger partial charge in [-0.1, -0.05) is 12.1 Å². The van der Waals surface area contributed by atoms with E-state index in [-0.39, 0.29) is 0 Å². The van der Waals surface area contributed by atoms with Gasteiger partial charge in [0.25, 0.3) is 0 Å². The number of nitrogens with two attached hydrogens (primary N) is 1. The molecule has 0 amide bonds. The number of hydrogen-bond acceptors (Lipinski definition) is 7. The van der Waals surface area contributed by atoms with Gasteiger partial charge >= 0.3 is 0 Å². The molecule has 2 aromatic carbocycles. The predicted octanol–water partition coefficient (Wildman–Crippen LogP) is 4.18. The van der Waals surface area contributed by atoms with E-state index in [1.807, 2.05) is 32.0 Å². The van der Waals surface area contributed by atoms with E-state index in [4.69, 9.17) is 15.2 Å². The third kappa shape index (κ3) is 4.03. The second kappa shape index (κ2) is 7.82. The van der Waals surface area contributed by atoms with Gasteiger partial charge in [-0.3, -0.25) is 0 Å². The molecule has 0 spiro atoms. The largest absolute Gasteiger partial charge is 0.497 e. The van der Waals surface area contributed by atoms with E-state index >= 15 is 0 Å². The Balaban J connectivity index is 1.93. The summed E-state index contributed by atoms with van der Waals surface area (Å²) < 4.78 is 10.7. The molecular formula is C20H23N5O2. The summed E-state index contributed by atoms with van der Waals surface area (Å²) in [6.07, 6.45) is 1.46. The van der Waals surface area contributed by atoms with E-state index in [9.17, 15) is 0 Å². The fraction of sp³-hybridized carbons (Fsp3) is 0.200. The number of hydrogen-bond donors (Lipinski definition) is 3. The number of anilines is 5. The SMILES string of the molecule is COc1ccc(OC)c(Nc2ncnc(Nc3cc(C)ccc3C)c2N)c1. The molecule has 7 nitrogen and oxygen atoms in total. The highest BCUT2D eigenvalue weighted by Crippen LogP contribution is 2.34. The van der Waals surface area contributed by atoms with Gasteiger partial charge in [0.1, 0.15) is 23.5 Å². The Morgan fingerprint density at radius 3 is 2.22 bits per heavy atom.